The average molecular weight is 348 g/mol. The predicted octanol–water partition coefficient (Wildman–Crippen LogP) is 1.44. The molecule has 1 aromatic carbocycles. The van der Waals surface area contributed by atoms with Crippen molar-refractivity contribution in [3.05, 3.63) is 24.3 Å². The topological polar surface area (TPSA) is 78.5 Å². The van der Waals surface area contributed by atoms with Gasteiger partial charge in [-0.15, -0.1) is 12.4 Å². The minimum atomic E-state index is -3.49. The molecule has 1 fully saturated rings. The number of sulfonamides is 1. The third-order valence-electron chi connectivity index (χ3n) is 3.51. The molecule has 22 heavy (non-hydrogen) atoms. The Morgan fingerprint density at radius 1 is 1.32 bits per heavy atom. The van der Waals surface area contributed by atoms with E-state index >= 15 is 0 Å². The normalized spacial score (nSPS) is 18.6. The highest BCUT2D eigenvalue weighted by molar-refractivity contribution is 7.89. The molecule has 8 heteroatoms. The van der Waals surface area contributed by atoms with Crippen molar-refractivity contribution in [2.75, 3.05) is 26.0 Å². The van der Waals surface area contributed by atoms with Gasteiger partial charge in [0.1, 0.15) is 0 Å². The molecule has 0 aliphatic carbocycles. The first-order chi connectivity index (χ1) is 9.91. The predicted molar refractivity (Wildman–Crippen MR) is 88.8 cm³/mol. The molecule has 1 saturated heterocycles. The first-order valence-corrected chi connectivity index (χ1v) is 8.42. The second kappa shape index (κ2) is 7.92. The Bertz CT molecular complexity index is 614. The van der Waals surface area contributed by atoms with Crippen LogP contribution < -0.4 is 10.6 Å². The van der Waals surface area contributed by atoms with E-state index in [9.17, 15) is 13.2 Å². The maximum Gasteiger partial charge on any atom is 0.242 e. The number of nitrogens with one attached hydrogen (secondary N) is 2. The molecule has 124 valence electrons. The molecule has 1 heterocycles. The van der Waals surface area contributed by atoms with Gasteiger partial charge in [0.2, 0.25) is 15.9 Å². The van der Waals surface area contributed by atoms with Gasteiger partial charge in [0.15, 0.2) is 0 Å². The zero-order valence-electron chi connectivity index (χ0n) is 12.7. The summed E-state index contributed by atoms with van der Waals surface area (Å²) in [7, 11) is -0.536. The lowest BCUT2D eigenvalue weighted by atomic mass is 10.0. The van der Waals surface area contributed by atoms with Crippen LogP contribution in [0.3, 0.4) is 0 Å². The van der Waals surface area contributed by atoms with Crippen molar-refractivity contribution in [2.24, 2.45) is 0 Å². The van der Waals surface area contributed by atoms with Gasteiger partial charge in [-0.2, -0.15) is 0 Å². The van der Waals surface area contributed by atoms with E-state index in [-0.39, 0.29) is 29.3 Å². The fourth-order valence-electron chi connectivity index (χ4n) is 2.25. The van der Waals surface area contributed by atoms with Crippen molar-refractivity contribution < 1.29 is 13.2 Å². The molecular formula is C14H22ClN3O3S. The summed E-state index contributed by atoms with van der Waals surface area (Å²) < 4.78 is 25.3. The van der Waals surface area contributed by atoms with Crippen LogP contribution in [0.4, 0.5) is 5.69 Å². The van der Waals surface area contributed by atoms with E-state index in [4.69, 9.17) is 0 Å². The van der Waals surface area contributed by atoms with Crippen LogP contribution in [-0.2, 0) is 14.8 Å². The molecule has 2 N–H and O–H groups in total. The van der Waals surface area contributed by atoms with Crippen molar-refractivity contribution in [2.45, 2.75) is 30.2 Å². The molecule has 0 aromatic heterocycles. The first kappa shape index (κ1) is 18.9. The molecule has 1 amide bonds. The van der Waals surface area contributed by atoms with Gasteiger partial charge in [0.05, 0.1) is 10.9 Å². The molecule has 0 radical (unpaired) electrons. The maximum atomic E-state index is 12.1. The molecule has 0 spiro atoms. The summed E-state index contributed by atoms with van der Waals surface area (Å²) in [6.45, 7) is 0.840. The molecule has 6 nitrogen and oxygen atoms in total. The van der Waals surface area contributed by atoms with Gasteiger partial charge in [-0.3, -0.25) is 4.79 Å². The number of piperidine rings is 1. The zero-order chi connectivity index (χ0) is 15.5. The molecule has 1 aromatic rings. The SMILES string of the molecule is CN(C)S(=O)(=O)c1cccc(NC(=O)[C@@H]2CCCCN2)c1.Cl. The monoisotopic (exact) mass is 347 g/mol. The Hall–Kier alpha value is -1.15. The number of hydrogen-bond acceptors (Lipinski definition) is 4. The van der Waals surface area contributed by atoms with E-state index in [1.807, 2.05) is 0 Å². The number of rotatable bonds is 4. The van der Waals surface area contributed by atoms with Crippen LogP contribution >= 0.6 is 12.4 Å². The standard InChI is InChI=1S/C14H21N3O3S.ClH/c1-17(2)21(19,20)12-7-5-6-11(10-12)16-14(18)13-8-3-4-9-15-13;/h5-7,10,13,15H,3-4,8-9H2,1-2H3,(H,16,18);1H/t13-;/m0./s1. The van der Waals surface area contributed by atoms with Crippen LogP contribution in [0.1, 0.15) is 19.3 Å². The highest BCUT2D eigenvalue weighted by Crippen LogP contribution is 2.18. The molecule has 0 saturated carbocycles. The number of hydrogen-bond donors (Lipinski definition) is 2. The molecule has 1 atom stereocenters. The summed E-state index contributed by atoms with van der Waals surface area (Å²) in [5.74, 6) is -0.117. The largest absolute Gasteiger partial charge is 0.325 e. The molecule has 0 unspecified atom stereocenters. The van der Waals surface area contributed by atoms with E-state index in [2.05, 4.69) is 10.6 Å². The lowest BCUT2D eigenvalue weighted by molar-refractivity contribution is -0.118. The lowest BCUT2D eigenvalue weighted by Crippen LogP contribution is -2.43. The molecule has 2 rings (SSSR count). The summed E-state index contributed by atoms with van der Waals surface area (Å²) in [4.78, 5) is 12.3. The van der Waals surface area contributed by atoms with E-state index < -0.39 is 10.0 Å². The van der Waals surface area contributed by atoms with Crippen molar-refractivity contribution >= 4 is 34.0 Å². The number of amides is 1. The first-order valence-electron chi connectivity index (χ1n) is 6.98. The molecule has 0 bridgehead atoms. The Morgan fingerprint density at radius 2 is 2.05 bits per heavy atom. The number of halogens is 1. The van der Waals surface area contributed by atoms with Gasteiger partial charge in [-0.1, -0.05) is 12.5 Å². The zero-order valence-corrected chi connectivity index (χ0v) is 14.3. The van der Waals surface area contributed by atoms with Crippen LogP contribution in [0.15, 0.2) is 29.2 Å². The Morgan fingerprint density at radius 3 is 2.64 bits per heavy atom. The molecule has 1 aliphatic heterocycles. The Balaban J connectivity index is 0.00000242. The van der Waals surface area contributed by atoms with Crippen LogP contribution in [0.2, 0.25) is 0 Å². The molecular weight excluding hydrogens is 326 g/mol. The van der Waals surface area contributed by atoms with Crippen LogP contribution in [-0.4, -0.2) is 45.3 Å². The summed E-state index contributed by atoms with van der Waals surface area (Å²) in [5, 5.41) is 5.94. The second-order valence-electron chi connectivity index (χ2n) is 5.31. The number of carbonyl (C=O) groups is 1. The minimum absolute atomic E-state index is 0. The fraction of sp³-hybridized carbons (Fsp3) is 0.500. The summed E-state index contributed by atoms with van der Waals surface area (Å²) >= 11 is 0. The quantitative estimate of drug-likeness (QED) is 0.863. The van der Waals surface area contributed by atoms with Crippen LogP contribution in [0, 0.1) is 0 Å². The number of anilines is 1. The Kier molecular flexibility index (Phi) is 6.80. The van der Waals surface area contributed by atoms with Gasteiger partial charge >= 0.3 is 0 Å². The highest BCUT2D eigenvalue weighted by Gasteiger charge is 2.21. The van der Waals surface area contributed by atoms with Crippen molar-refractivity contribution in [1.82, 2.24) is 9.62 Å². The smallest absolute Gasteiger partial charge is 0.242 e. The van der Waals surface area contributed by atoms with Crippen molar-refractivity contribution in [3.8, 4) is 0 Å². The van der Waals surface area contributed by atoms with E-state index in [1.165, 1.54) is 26.2 Å². The second-order valence-corrected chi connectivity index (χ2v) is 7.46. The lowest BCUT2D eigenvalue weighted by Gasteiger charge is -2.22. The minimum Gasteiger partial charge on any atom is -0.325 e. The van der Waals surface area contributed by atoms with E-state index in [1.54, 1.807) is 12.1 Å². The highest BCUT2D eigenvalue weighted by atomic mass is 35.5. The Labute approximate surface area is 137 Å². The van der Waals surface area contributed by atoms with Gasteiger partial charge in [0.25, 0.3) is 0 Å². The fourth-order valence-corrected chi connectivity index (χ4v) is 3.20. The maximum absolute atomic E-state index is 12.1. The van der Waals surface area contributed by atoms with E-state index in [0.29, 0.717) is 5.69 Å². The van der Waals surface area contributed by atoms with Crippen molar-refractivity contribution in [1.29, 1.82) is 0 Å². The number of benzene rings is 1. The number of carbonyl (C=O) groups excluding carboxylic acids is 1. The summed E-state index contributed by atoms with van der Waals surface area (Å²) in [5.41, 5.74) is 0.496. The summed E-state index contributed by atoms with van der Waals surface area (Å²) in [6, 6.07) is 6.11. The van der Waals surface area contributed by atoms with Crippen molar-refractivity contribution in [3.63, 3.8) is 0 Å². The summed E-state index contributed by atoms with van der Waals surface area (Å²) in [6.07, 6.45) is 2.92. The van der Waals surface area contributed by atoms with Crippen LogP contribution in [0.5, 0.6) is 0 Å². The number of nitrogens with zero attached hydrogens (tertiary/aromatic N) is 1. The molecule has 1 aliphatic rings. The van der Waals surface area contributed by atoms with Crippen LogP contribution in [0.25, 0.3) is 0 Å². The van der Waals surface area contributed by atoms with Gasteiger partial charge < -0.3 is 10.6 Å². The third kappa shape index (κ3) is 4.42. The van der Waals surface area contributed by atoms with E-state index in [0.717, 1.165) is 30.1 Å². The van der Waals surface area contributed by atoms with Gasteiger partial charge in [-0.05, 0) is 37.6 Å². The van der Waals surface area contributed by atoms with Gasteiger partial charge in [-0.25, -0.2) is 12.7 Å². The average Bonchev–Trinajstić information content (AvgIpc) is 2.48. The van der Waals surface area contributed by atoms with Gasteiger partial charge in [0, 0.05) is 19.8 Å². The third-order valence-corrected chi connectivity index (χ3v) is 5.32.